The predicted molar refractivity (Wildman–Crippen MR) is 160 cm³/mol. The Kier molecular flexibility index (Phi) is 6.79. The van der Waals surface area contributed by atoms with Crippen LogP contribution in [0.1, 0.15) is 33.4 Å². The number of rotatable bonds is 7. The van der Waals surface area contributed by atoms with Crippen LogP contribution in [0.3, 0.4) is 0 Å². The fraction of sp³-hybridized carbons (Fsp3) is 0.152. The summed E-state index contributed by atoms with van der Waals surface area (Å²) in [5, 5.41) is 12.1. The number of aromatic amines is 2. The monoisotopic (exact) mass is 517 g/mol. The molecule has 0 radical (unpaired) electrons. The summed E-state index contributed by atoms with van der Waals surface area (Å²) in [6.45, 7) is 16.5. The second-order valence-corrected chi connectivity index (χ2v) is 10.5. The van der Waals surface area contributed by atoms with E-state index in [0.717, 1.165) is 67.1 Å². The molecule has 2 aromatic carbocycles. The smallest absolute Gasteiger partial charge is 0.135 e. The van der Waals surface area contributed by atoms with E-state index in [1.807, 2.05) is 61.5 Å². The van der Waals surface area contributed by atoms with Crippen molar-refractivity contribution in [2.75, 3.05) is 0 Å². The second kappa shape index (κ2) is 10.2. The molecule has 5 nitrogen and oxygen atoms in total. The van der Waals surface area contributed by atoms with Crippen LogP contribution >= 0.6 is 0 Å². The van der Waals surface area contributed by atoms with Crippen molar-refractivity contribution in [1.29, 1.82) is 0 Å². The van der Waals surface area contributed by atoms with Gasteiger partial charge in [0.15, 0.2) is 0 Å². The molecular formula is C33H32FN5. The molecule has 6 heteroatoms. The fourth-order valence-electron chi connectivity index (χ4n) is 4.42. The van der Waals surface area contributed by atoms with Gasteiger partial charge in [0.25, 0.3) is 0 Å². The fourth-order valence-corrected chi connectivity index (χ4v) is 4.42. The molecule has 3 aromatic heterocycles. The number of benzene rings is 2. The van der Waals surface area contributed by atoms with Crippen LogP contribution in [0.2, 0.25) is 0 Å². The van der Waals surface area contributed by atoms with Crippen LogP contribution in [0, 0.1) is 11.2 Å². The van der Waals surface area contributed by atoms with E-state index < -0.39 is 0 Å². The number of aromatic nitrogens is 4. The van der Waals surface area contributed by atoms with Gasteiger partial charge in [-0.15, -0.1) is 0 Å². The Balaban J connectivity index is 1.55. The van der Waals surface area contributed by atoms with Crippen molar-refractivity contribution in [3.8, 4) is 22.5 Å². The third-order valence-electron chi connectivity index (χ3n) is 6.80. The Bertz CT molecular complexity index is 1780. The number of halogens is 1. The van der Waals surface area contributed by atoms with Crippen molar-refractivity contribution >= 4 is 27.5 Å². The minimum atomic E-state index is -0.262. The highest BCUT2D eigenvalue weighted by Crippen LogP contribution is 2.34. The lowest BCUT2D eigenvalue weighted by Gasteiger charge is -2.23. The van der Waals surface area contributed by atoms with Crippen LogP contribution in [-0.2, 0) is 0 Å². The van der Waals surface area contributed by atoms with Gasteiger partial charge in [-0.3, -0.25) is 5.10 Å². The SMILES string of the molecule is C=C/C(=C\C(=C/C)c1ccc2[nH]nc(-c3cc4c(-c5cccc(F)c5)cccc4[nH]3)c2n1)NC(=C)C(C)(C)C. The number of nitrogens with one attached hydrogen (secondary N) is 3. The highest BCUT2D eigenvalue weighted by molar-refractivity contribution is 6.00. The van der Waals surface area contributed by atoms with Gasteiger partial charge in [0.2, 0.25) is 0 Å². The van der Waals surface area contributed by atoms with E-state index in [2.05, 4.69) is 54.4 Å². The van der Waals surface area contributed by atoms with Crippen LogP contribution in [0.15, 0.2) is 103 Å². The Morgan fingerprint density at radius 1 is 1.03 bits per heavy atom. The summed E-state index contributed by atoms with van der Waals surface area (Å²) in [6.07, 6.45) is 5.82. The topological polar surface area (TPSA) is 69.4 Å². The molecule has 0 unspecified atom stereocenters. The Hall–Kier alpha value is -4.71. The minimum absolute atomic E-state index is 0.0881. The zero-order chi connectivity index (χ0) is 27.7. The first-order valence-electron chi connectivity index (χ1n) is 12.9. The van der Waals surface area contributed by atoms with E-state index in [4.69, 9.17) is 4.98 Å². The molecule has 0 bridgehead atoms. The number of pyridine rings is 1. The maximum atomic E-state index is 14.0. The molecule has 5 aromatic rings. The van der Waals surface area contributed by atoms with E-state index in [1.165, 1.54) is 6.07 Å². The van der Waals surface area contributed by atoms with Gasteiger partial charge in [-0.2, -0.15) is 5.10 Å². The maximum Gasteiger partial charge on any atom is 0.135 e. The lowest BCUT2D eigenvalue weighted by atomic mass is 9.92. The molecule has 0 saturated carbocycles. The predicted octanol–water partition coefficient (Wildman–Crippen LogP) is 8.53. The zero-order valence-electron chi connectivity index (χ0n) is 22.7. The summed E-state index contributed by atoms with van der Waals surface area (Å²) >= 11 is 0. The molecule has 5 rings (SSSR count). The molecule has 0 aliphatic heterocycles. The van der Waals surface area contributed by atoms with Crippen molar-refractivity contribution in [3.63, 3.8) is 0 Å². The van der Waals surface area contributed by atoms with Gasteiger partial charge in [-0.25, -0.2) is 9.37 Å². The zero-order valence-corrected chi connectivity index (χ0v) is 22.7. The number of nitrogens with zero attached hydrogens (tertiary/aromatic N) is 2. The number of H-pyrrole nitrogens is 2. The maximum absolute atomic E-state index is 14.0. The molecule has 3 N–H and O–H groups in total. The van der Waals surface area contributed by atoms with E-state index in [9.17, 15) is 4.39 Å². The lowest BCUT2D eigenvalue weighted by Crippen LogP contribution is -2.22. The summed E-state index contributed by atoms with van der Waals surface area (Å²) in [4.78, 5) is 8.48. The molecule has 0 saturated heterocycles. The van der Waals surface area contributed by atoms with E-state index >= 15 is 0 Å². The summed E-state index contributed by atoms with van der Waals surface area (Å²) < 4.78 is 14.0. The standard InChI is InChI=1S/C33H32FN5/c1-7-21(18-24(8-2)35-20(3)33(4,5)6)27-15-16-29-31(37-27)32(39-38-29)30-19-26-25(13-10-14-28(26)36-30)22-11-9-12-23(34)17-22/h7-19,35-36H,2-3H2,1,4-6H3,(H,38,39)/b21-7+,24-18+. The van der Waals surface area contributed by atoms with Gasteiger partial charge >= 0.3 is 0 Å². The minimum Gasteiger partial charge on any atom is -0.359 e. The largest absolute Gasteiger partial charge is 0.359 e. The van der Waals surface area contributed by atoms with Crippen LogP contribution in [0.4, 0.5) is 4.39 Å². The molecule has 0 fully saturated rings. The molecule has 0 atom stereocenters. The van der Waals surface area contributed by atoms with Crippen LogP contribution in [0.5, 0.6) is 0 Å². The second-order valence-electron chi connectivity index (χ2n) is 10.5. The van der Waals surface area contributed by atoms with Gasteiger partial charge in [-0.1, -0.05) is 64.3 Å². The highest BCUT2D eigenvalue weighted by atomic mass is 19.1. The summed E-state index contributed by atoms with van der Waals surface area (Å²) in [5.74, 6) is -0.262. The molecule has 0 aliphatic rings. The Morgan fingerprint density at radius 3 is 2.54 bits per heavy atom. The van der Waals surface area contributed by atoms with Crippen molar-refractivity contribution < 1.29 is 4.39 Å². The van der Waals surface area contributed by atoms with Gasteiger partial charge in [0, 0.05) is 27.7 Å². The lowest BCUT2D eigenvalue weighted by molar-refractivity contribution is 0.478. The number of hydrogen-bond donors (Lipinski definition) is 3. The first-order chi connectivity index (χ1) is 18.7. The average Bonchev–Trinajstić information content (AvgIpc) is 3.53. The molecule has 0 aliphatic carbocycles. The van der Waals surface area contributed by atoms with E-state index in [-0.39, 0.29) is 11.2 Å². The number of allylic oxidation sites excluding steroid dienone is 5. The Labute approximate surface area is 227 Å². The van der Waals surface area contributed by atoms with Crippen molar-refractivity contribution in [3.05, 3.63) is 115 Å². The summed E-state index contributed by atoms with van der Waals surface area (Å²) in [5.41, 5.74) is 9.27. The first-order valence-corrected chi connectivity index (χ1v) is 12.9. The molecular weight excluding hydrogens is 485 g/mol. The summed E-state index contributed by atoms with van der Waals surface area (Å²) in [6, 6.07) is 18.6. The van der Waals surface area contributed by atoms with Gasteiger partial charge in [0.05, 0.1) is 16.9 Å². The quantitative estimate of drug-likeness (QED) is 0.190. The van der Waals surface area contributed by atoms with Gasteiger partial charge in [-0.05, 0) is 72.2 Å². The normalized spacial score (nSPS) is 12.7. The molecule has 0 amide bonds. The molecule has 196 valence electrons. The molecule has 3 heterocycles. The third-order valence-corrected chi connectivity index (χ3v) is 6.80. The third kappa shape index (κ3) is 5.18. The van der Waals surface area contributed by atoms with Crippen molar-refractivity contribution in [1.82, 2.24) is 25.5 Å². The number of hydrogen-bond acceptors (Lipinski definition) is 3. The van der Waals surface area contributed by atoms with Crippen molar-refractivity contribution in [2.45, 2.75) is 27.7 Å². The van der Waals surface area contributed by atoms with Crippen LogP contribution in [0.25, 0.3) is 50.0 Å². The Morgan fingerprint density at radius 2 is 1.82 bits per heavy atom. The van der Waals surface area contributed by atoms with E-state index in [1.54, 1.807) is 18.2 Å². The number of fused-ring (bicyclic) bond motifs is 2. The van der Waals surface area contributed by atoms with E-state index in [0.29, 0.717) is 0 Å². The first kappa shape index (κ1) is 25.9. The molecule has 0 spiro atoms. The van der Waals surface area contributed by atoms with Crippen LogP contribution < -0.4 is 5.32 Å². The van der Waals surface area contributed by atoms with Crippen LogP contribution in [-0.4, -0.2) is 20.2 Å². The van der Waals surface area contributed by atoms with Gasteiger partial charge < -0.3 is 10.3 Å². The van der Waals surface area contributed by atoms with Gasteiger partial charge in [0.1, 0.15) is 17.0 Å². The highest BCUT2D eigenvalue weighted by Gasteiger charge is 2.17. The average molecular weight is 518 g/mol. The molecule has 39 heavy (non-hydrogen) atoms. The van der Waals surface area contributed by atoms with Crippen molar-refractivity contribution in [2.24, 2.45) is 5.41 Å². The summed E-state index contributed by atoms with van der Waals surface area (Å²) in [7, 11) is 0.